The van der Waals surface area contributed by atoms with E-state index in [4.69, 9.17) is 5.14 Å². The molecule has 6 nitrogen and oxygen atoms in total. The van der Waals surface area contributed by atoms with Gasteiger partial charge in [-0.15, -0.1) is 24.0 Å². The summed E-state index contributed by atoms with van der Waals surface area (Å²) in [6.07, 6.45) is 0.0432. The largest absolute Gasteiger partial charge is 0.416 e. The zero-order valence-electron chi connectivity index (χ0n) is 17.0. The van der Waals surface area contributed by atoms with Crippen molar-refractivity contribution in [3.63, 3.8) is 0 Å². The van der Waals surface area contributed by atoms with E-state index in [1.54, 1.807) is 6.07 Å². The number of rotatable bonds is 7. The van der Waals surface area contributed by atoms with E-state index >= 15 is 0 Å². The maximum atomic E-state index is 13.2. The number of nitrogens with one attached hydrogen (secondary N) is 2. The van der Waals surface area contributed by atoms with Gasteiger partial charge >= 0.3 is 6.18 Å². The van der Waals surface area contributed by atoms with Crippen LogP contribution in [0.5, 0.6) is 0 Å². The van der Waals surface area contributed by atoms with Crippen molar-refractivity contribution in [2.24, 2.45) is 10.1 Å². The molecular weight excluding hydrogens is 532 g/mol. The summed E-state index contributed by atoms with van der Waals surface area (Å²) in [5, 5.41) is 11.0. The van der Waals surface area contributed by atoms with Crippen LogP contribution >= 0.6 is 24.0 Å². The second kappa shape index (κ2) is 11.5. The van der Waals surface area contributed by atoms with Crippen molar-refractivity contribution in [3.05, 3.63) is 35.4 Å². The van der Waals surface area contributed by atoms with Crippen molar-refractivity contribution < 1.29 is 21.6 Å². The van der Waals surface area contributed by atoms with Crippen molar-refractivity contribution in [2.45, 2.75) is 50.6 Å². The predicted octanol–water partition coefficient (Wildman–Crippen LogP) is 3.37. The monoisotopic (exact) mass is 562 g/mol. The lowest BCUT2D eigenvalue weighted by atomic mass is 9.69. The topological polar surface area (TPSA) is 96.6 Å². The Kier molecular flexibility index (Phi) is 10.3. The van der Waals surface area contributed by atoms with Gasteiger partial charge in [-0.3, -0.25) is 4.99 Å². The van der Waals surface area contributed by atoms with Crippen molar-refractivity contribution >= 4 is 40.0 Å². The molecule has 2 rings (SSSR count). The van der Waals surface area contributed by atoms with Gasteiger partial charge < -0.3 is 10.6 Å². The molecule has 0 heterocycles. The molecule has 1 aromatic rings. The minimum atomic E-state index is -4.39. The Morgan fingerprint density at radius 3 is 2.43 bits per heavy atom. The summed E-state index contributed by atoms with van der Waals surface area (Å²) in [5.41, 5.74) is -0.472. The SMILES string of the molecule is CCNC(=NCC1(c2cccc(C(F)(F)F)c2)CCCCC1)NCCS(N)(=O)=O.I. The van der Waals surface area contributed by atoms with Gasteiger partial charge in [0.25, 0.3) is 0 Å². The first-order valence-corrected chi connectivity index (χ1v) is 11.5. The zero-order chi connectivity index (χ0) is 21.5. The molecule has 4 N–H and O–H groups in total. The molecule has 0 spiro atoms. The highest BCUT2D eigenvalue weighted by atomic mass is 127. The van der Waals surface area contributed by atoms with Crippen LogP contribution < -0.4 is 15.8 Å². The molecule has 1 saturated carbocycles. The third kappa shape index (κ3) is 8.22. The van der Waals surface area contributed by atoms with Crippen molar-refractivity contribution in [1.29, 1.82) is 0 Å². The number of sulfonamides is 1. The Balaban J connectivity index is 0.00000450. The van der Waals surface area contributed by atoms with Gasteiger partial charge in [0.2, 0.25) is 10.0 Å². The summed E-state index contributed by atoms with van der Waals surface area (Å²) >= 11 is 0. The summed E-state index contributed by atoms with van der Waals surface area (Å²) in [7, 11) is -3.60. The van der Waals surface area contributed by atoms with Gasteiger partial charge in [0, 0.05) is 18.5 Å². The summed E-state index contributed by atoms with van der Waals surface area (Å²) in [6.45, 7) is 2.86. The quantitative estimate of drug-likeness (QED) is 0.270. The highest BCUT2D eigenvalue weighted by molar-refractivity contribution is 14.0. The molecule has 0 radical (unpaired) electrons. The number of hydrogen-bond donors (Lipinski definition) is 3. The highest BCUT2D eigenvalue weighted by Gasteiger charge is 2.37. The first-order chi connectivity index (χ1) is 13.6. The van der Waals surface area contributed by atoms with E-state index in [0.717, 1.165) is 38.2 Å². The first kappa shape index (κ1) is 27.0. The molecular formula is C19H30F3IN4O2S. The molecule has 0 saturated heterocycles. The van der Waals surface area contributed by atoms with Crippen LogP contribution in [0.1, 0.15) is 50.2 Å². The molecule has 11 heteroatoms. The molecule has 0 atom stereocenters. The van der Waals surface area contributed by atoms with E-state index in [2.05, 4.69) is 15.6 Å². The molecule has 172 valence electrons. The summed E-state index contributed by atoms with van der Waals surface area (Å²) in [6, 6.07) is 5.52. The van der Waals surface area contributed by atoms with Gasteiger partial charge in [0.15, 0.2) is 5.96 Å². The number of guanidine groups is 1. The molecule has 1 aliphatic carbocycles. The number of hydrogen-bond acceptors (Lipinski definition) is 3. The van der Waals surface area contributed by atoms with Crippen molar-refractivity contribution in [2.75, 3.05) is 25.4 Å². The van der Waals surface area contributed by atoms with E-state index in [1.807, 2.05) is 6.92 Å². The fourth-order valence-electron chi connectivity index (χ4n) is 3.68. The third-order valence-electron chi connectivity index (χ3n) is 5.18. The lowest BCUT2D eigenvalue weighted by Gasteiger charge is -2.37. The number of halogens is 4. The second-order valence-corrected chi connectivity index (χ2v) is 9.14. The van der Waals surface area contributed by atoms with Crippen molar-refractivity contribution in [3.8, 4) is 0 Å². The Labute approximate surface area is 193 Å². The second-order valence-electron chi connectivity index (χ2n) is 7.41. The fraction of sp³-hybridized carbons (Fsp3) is 0.632. The van der Waals surface area contributed by atoms with Gasteiger partial charge in [-0.05, 0) is 31.4 Å². The molecule has 0 aliphatic heterocycles. The van der Waals surface area contributed by atoms with Gasteiger partial charge in [0.1, 0.15) is 0 Å². The number of benzene rings is 1. The first-order valence-electron chi connectivity index (χ1n) is 9.76. The van der Waals surface area contributed by atoms with Gasteiger partial charge in [-0.25, -0.2) is 13.6 Å². The van der Waals surface area contributed by atoms with Crippen LogP contribution in [0, 0.1) is 0 Å². The van der Waals surface area contributed by atoms with E-state index in [0.29, 0.717) is 24.6 Å². The lowest BCUT2D eigenvalue weighted by molar-refractivity contribution is -0.137. The van der Waals surface area contributed by atoms with E-state index in [1.165, 1.54) is 12.1 Å². The van der Waals surface area contributed by atoms with Crippen LogP contribution in [0.2, 0.25) is 0 Å². The molecule has 1 aliphatic rings. The van der Waals surface area contributed by atoms with E-state index in [-0.39, 0.29) is 36.3 Å². The van der Waals surface area contributed by atoms with E-state index in [9.17, 15) is 21.6 Å². The number of alkyl halides is 3. The molecule has 1 fully saturated rings. The highest BCUT2D eigenvalue weighted by Crippen LogP contribution is 2.41. The molecule has 0 unspecified atom stereocenters. The molecule has 0 bridgehead atoms. The standard InChI is InChI=1S/C19H29F3N4O2S.HI/c1-2-24-17(25-11-12-29(23,27)28)26-14-18(9-4-3-5-10-18)15-7-6-8-16(13-15)19(20,21)22;/h6-8,13H,2-5,9-12,14H2,1H3,(H2,23,27,28)(H2,24,25,26);1H. The predicted molar refractivity (Wildman–Crippen MR) is 124 cm³/mol. The van der Waals surface area contributed by atoms with Crippen LogP contribution in [0.3, 0.4) is 0 Å². The molecule has 0 amide bonds. The van der Waals surface area contributed by atoms with Gasteiger partial charge in [0.05, 0.1) is 17.9 Å². The van der Waals surface area contributed by atoms with Gasteiger partial charge in [-0.1, -0.05) is 37.5 Å². The van der Waals surface area contributed by atoms with Crippen LogP contribution in [-0.2, 0) is 21.6 Å². The third-order valence-corrected chi connectivity index (χ3v) is 5.95. The summed E-state index contributed by atoms with van der Waals surface area (Å²) in [4.78, 5) is 4.57. The van der Waals surface area contributed by atoms with Crippen LogP contribution in [0.15, 0.2) is 29.3 Å². The van der Waals surface area contributed by atoms with Crippen molar-refractivity contribution in [1.82, 2.24) is 10.6 Å². The number of primary sulfonamides is 1. The van der Waals surface area contributed by atoms with Gasteiger partial charge in [-0.2, -0.15) is 13.2 Å². The van der Waals surface area contributed by atoms with Crippen LogP contribution in [-0.4, -0.2) is 39.8 Å². The van der Waals surface area contributed by atoms with Crippen LogP contribution in [0.25, 0.3) is 0 Å². The zero-order valence-corrected chi connectivity index (χ0v) is 20.1. The smallest absolute Gasteiger partial charge is 0.357 e. The van der Waals surface area contributed by atoms with Crippen LogP contribution in [0.4, 0.5) is 13.2 Å². The minimum Gasteiger partial charge on any atom is -0.357 e. The Hall–Kier alpha value is -1.08. The average Bonchev–Trinajstić information content (AvgIpc) is 2.65. The molecule has 30 heavy (non-hydrogen) atoms. The Morgan fingerprint density at radius 1 is 1.20 bits per heavy atom. The number of nitrogens with two attached hydrogens (primary N) is 1. The minimum absolute atomic E-state index is 0. The Bertz CT molecular complexity index is 810. The maximum absolute atomic E-state index is 13.2. The normalized spacial score (nSPS) is 17.2. The Morgan fingerprint density at radius 2 is 1.87 bits per heavy atom. The number of aliphatic imine (C=N–C) groups is 1. The van der Waals surface area contributed by atoms with E-state index < -0.39 is 27.2 Å². The maximum Gasteiger partial charge on any atom is 0.416 e. The summed E-state index contributed by atoms with van der Waals surface area (Å²) in [5.74, 6) is 0.184. The number of nitrogens with zero attached hydrogens (tertiary/aromatic N) is 1. The fourth-order valence-corrected chi connectivity index (χ4v) is 4.06. The molecule has 1 aromatic carbocycles. The lowest BCUT2D eigenvalue weighted by Crippen LogP contribution is -2.42. The average molecular weight is 562 g/mol. The molecule has 0 aromatic heterocycles. The summed E-state index contributed by atoms with van der Waals surface area (Å²) < 4.78 is 61.8.